The van der Waals surface area contributed by atoms with Crippen molar-refractivity contribution in [3.8, 4) is 5.75 Å². The van der Waals surface area contributed by atoms with Crippen LogP contribution in [0.1, 0.15) is 34.3 Å². The van der Waals surface area contributed by atoms with Crippen molar-refractivity contribution in [2.45, 2.75) is 19.4 Å². The zero-order valence-corrected chi connectivity index (χ0v) is 21.0. The topological polar surface area (TPSA) is 97.1 Å². The number of anilines is 1. The number of nitro groups is 1. The molecule has 1 saturated heterocycles. The number of nitrogens with one attached hydrogen (secondary N) is 1. The molecule has 1 amide bonds. The molecule has 10 heteroatoms. The highest BCUT2D eigenvalue weighted by molar-refractivity contribution is 9.10. The normalized spacial score (nSPS) is 13.3. The molecule has 0 spiro atoms. The SMILES string of the molecule is O=C(N/N=C\c1cc(Cl)c(OCc2ccc([N+](=O)[O-])cc2)c(Br)c1)c1ccc(N2CCCC2)cc1. The highest BCUT2D eigenvalue weighted by Crippen LogP contribution is 2.34. The molecule has 3 aromatic carbocycles. The number of carbonyl (C=O) groups excluding carboxylic acids is 1. The second-order valence-corrected chi connectivity index (χ2v) is 9.23. The van der Waals surface area contributed by atoms with Gasteiger partial charge >= 0.3 is 0 Å². The van der Waals surface area contributed by atoms with Crippen LogP contribution in [0.4, 0.5) is 11.4 Å². The van der Waals surface area contributed by atoms with Crippen LogP contribution in [0.3, 0.4) is 0 Å². The van der Waals surface area contributed by atoms with Gasteiger partial charge in [-0.2, -0.15) is 5.10 Å². The standard InChI is InChI=1S/C25H22BrClN4O4/c26-22-13-18(14-23(27)24(22)35-16-17-3-7-21(8-4-17)31(33)34)15-28-29-25(32)19-5-9-20(10-6-19)30-11-1-2-12-30/h3-10,13-15H,1-2,11-12,16H2,(H,29,32)/b28-15-. The van der Waals surface area contributed by atoms with Gasteiger partial charge in [0.25, 0.3) is 11.6 Å². The van der Waals surface area contributed by atoms with E-state index in [2.05, 4.69) is 31.4 Å². The first-order valence-electron chi connectivity index (χ1n) is 10.9. The maximum Gasteiger partial charge on any atom is 0.271 e. The Morgan fingerprint density at radius 1 is 1.14 bits per heavy atom. The maximum atomic E-state index is 12.4. The van der Waals surface area contributed by atoms with E-state index in [1.54, 1.807) is 36.4 Å². The van der Waals surface area contributed by atoms with Crippen molar-refractivity contribution in [2.24, 2.45) is 5.10 Å². The Bertz CT molecular complexity index is 1220. The van der Waals surface area contributed by atoms with Gasteiger partial charge in [0.05, 0.1) is 20.6 Å². The Morgan fingerprint density at radius 3 is 2.46 bits per heavy atom. The third-order valence-electron chi connectivity index (χ3n) is 5.53. The molecule has 0 aromatic heterocycles. The summed E-state index contributed by atoms with van der Waals surface area (Å²) < 4.78 is 6.40. The highest BCUT2D eigenvalue weighted by atomic mass is 79.9. The molecule has 1 fully saturated rings. The first-order valence-corrected chi connectivity index (χ1v) is 12.1. The third-order valence-corrected chi connectivity index (χ3v) is 6.40. The van der Waals surface area contributed by atoms with E-state index in [0.29, 0.717) is 26.4 Å². The number of ether oxygens (including phenoxy) is 1. The molecule has 0 radical (unpaired) electrons. The van der Waals surface area contributed by atoms with Crippen LogP contribution in [-0.4, -0.2) is 30.1 Å². The molecule has 0 aliphatic carbocycles. The van der Waals surface area contributed by atoms with Crippen LogP contribution >= 0.6 is 27.5 Å². The Morgan fingerprint density at radius 2 is 1.83 bits per heavy atom. The summed E-state index contributed by atoms with van der Waals surface area (Å²) in [6, 6.07) is 17.0. The molecule has 1 aliphatic heterocycles. The van der Waals surface area contributed by atoms with Crippen molar-refractivity contribution in [2.75, 3.05) is 18.0 Å². The molecule has 8 nitrogen and oxygen atoms in total. The van der Waals surface area contributed by atoms with Crippen molar-refractivity contribution in [1.82, 2.24) is 5.43 Å². The van der Waals surface area contributed by atoms with Crippen LogP contribution in [0.15, 0.2) is 70.2 Å². The molecule has 0 unspecified atom stereocenters. The lowest BCUT2D eigenvalue weighted by molar-refractivity contribution is -0.384. The number of nitrogens with zero attached hydrogens (tertiary/aromatic N) is 3. The lowest BCUT2D eigenvalue weighted by Gasteiger charge is -2.17. The minimum absolute atomic E-state index is 0.0165. The summed E-state index contributed by atoms with van der Waals surface area (Å²) in [4.78, 5) is 25.0. The van der Waals surface area contributed by atoms with Crippen molar-refractivity contribution in [1.29, 1.82) is 0 Å². The van der Waals surface area contributed by atoms with Gasteiger partial charge in [-0.3, -0.25) is 14.9 Å². The summed E-state index contributed by atoms with van der Waals surface area (Å²) >= 11 is 9.82. The highest BCUT2D eigenvalue weighted by Gasteiger charge is 2.13. The number of halogens is 2. The van der Waals surface area contributed by atoms with Gasteiger partial charge in [-0.05, 0) is 88.4 Å². The van der Waals surface area contributed by atoms with Gasteiger partial charge in [0.1, 0.15) is 6.61 Å². The van der Waals surface area contributed by atoms with E-state index in [9.17, 15) is 14.9 Å². The summed E-state index contributed by atoms with van der Waals surface area (Å²) in [6.07, 6.45) is 3.89. The average molecular weight is 558 g/mol. The number of nitro benzene ring substituents is 1. The summed E-state index contributed by atoms with van der Waals surface area (Å²) in [5.74, 6) is 0.131. The molecular formula is C25H22BrClN4O4. The second kappa shape index (κ2) is 11.3. The van der Waals surface area contributed by atoms with Crippen LogP contribution in [0.2, 0.25) is 5.02 Å². The number of carbonyl (C=O) groups is 1. The minimum Gasteiger partial charge on any atom is -0.486 e. The van der Waals surface area contributed by atoms with E-state index < -0.39 is 4.92 Å². The van der Waals surface area contributed by atoms with E-state index in [4.69, 9.17) is 16.3 Å². The van der Waals surface area contributed by atoms with E-state index in [0.717, 1.165) is 24.3 Å². The molecule has 4 rings (SSSR count). The van der Waals surface area contributed by atoms with Crippen LogP contribution < -0.4 is 15.1 Å². The Kier molecular flexibility index (Phi) is 7.99. The first kappa shape index (κ1) is 24.7. The van der Waals surface area contributed by atoms with E-state index in [1.807, 2.05) is 12.1 Å². The molecule has 1 heterocycles. The van der Waals surface area contributed by atoms with Gasteiger partial charge in [-0.25, -0.2) is 5.43 Å². The smallest absolute Gasteiger partial charge is 0.271 e. The molecule has 0 atom stereocenters. The molecule has 0 bridgehead atoms. The molecule has 0 saturated carbocycles. The summed E-state index contributed by atoms with van der Waals surface area (Å²) in [5.41, 5.74) is 5.62. The van der Waals surface area contributed by atoms with Gasteiger partial charge in [-0.15, -0.1) is 0 Å². The van der Waals surface area contributed by atoms with Crippen molar-refractivity contribution in [3.05, 3.63) is 97.0 Å². The first-order chi connectivity index (χ1) is 16.9. The molecule has 1 N–H and O–H groups in total. The Balaban J connectivity index is 1.34. The summed E-state index contributed by atoms with van der Waals surface area (Å²) in [5, 5.41) is 15.2. The minimum atomic E-state index is -0.452. The van der Waals surface area contributed by atoms with Crippen LogP contribution in [-0.2, 0) is 6.61 Å². The average Bonchev–Trinajstić information content (AvgIpc) is 3.39. The van der Waals surface area contributed by atoms with Gasteiger partial charge in [0, 0.05) is 36.5 Å². The van der Waals surface area contributed by atoms with Crippen molar-refractivity contribution >= 4 is 51.0 Å². The fraction of sp³-hybridized carbons (Fsp3) is 0.200. The zero-order chi connectivity index (χ0) is 24.8. The van der Waals surface area contributed by atoms with Gasteiger partial charge < -0.3 is 9.64 Å². The monoisotopic (exact) mass is 556 g/mol. The number of rotatable bonds is 8. The van der Waals surface area contributed by atoms with Crippen LogP contribution in [0.25, 0.3) is 0 Å². The quantitative estimate of drug-likeness (QED) is 0.210. The lowest BCUT2D eigenvalue weighted by Crippen LogP contribution is -2.19. The summed E-state index contributed by atoms with van der Waals surface area (Å²) in [6.45, 7) is 2.29. The van der Waals surface area contributed by atoms with Crippen molar-refractivity contribution in [3.63, 3.8) is 0 Å². The maximum absolute atomic E-state index is 12.4. The molecular weight excluding hydrogens is 536 g/mol. The predicted molar refractivity (Wildman–Crippen MR) is 140 cm³/mol. The lowest BCUT2D eigenvalue weighted by atomic mass is 10.2. The summed E-state index contributed by atoms with van der Waals surface area (Å²) in [7, 11) is 0. The van der Waals surface area contributed by atoms with Crippen LogP contribution in [0.5, 0.6) is 5.75 Å². The predicted octanol–water partition coefficient (Wildman–Crippen LogP) is 5.95. The Hall–Kier alpha value is -3.43. The van der Waals surface area contributed by atoms with Gasteiger partial charge in [-0.1, -0.05) is 11.6 Å². The van der Waals surface area contributed by atoms with E-state index >= 15 is 0 Å². The second-order valence-electron chi connectivity index (χ2n) is 7.97. The molecule has 3 aromatic rings. The Labute approximate surface area is 215 Å². The number of hydrazone groups is 1. The van der Waals surface area contributed by atoms with E-state index in [1.165, 1.54) is 31.2 Å². The number of amides is 1. The van der Waals surface area contributed by atoms with Gasteiger partial charge in [0.15, 0.2) is 5.75 Å². The number of benzene rings is 3. The van der Waals surface area contributed by atoms with E-state index in [-0.39, 0.29) is 18.2 Å². The molecule has 35 heavy (non-hydrogen) atoms. The van der Waals surface area contributed by atoms with Gasteiger partial charge in [0.2, 0.25) is 0 Å². The number of hydrogen-bond acceptors (Lipinski definition) is 6. The molecule has 1 aliphatic rings. The zero-order valence-electron chi connectivity index (χ0n) is 18.6. The van der Waals surface area contributed by atoms with Crippen LogP contribution in [0, 0.1) is 10.1 Å². The molecule has 180 valence electrons. The fourth-order valence-electron chi connectivity index (χ4n) is 3.69. The van der Waals surface area contributed by atoms with Crippen molar-refractivity contribution < 1.29 is 14.5 Å². The largest absolute Gasteiger partial charge is 0.486 e. The number of non-ortho nitro benzene ring substituents is 1. The fourth-order valence-corrected chi connectivity index (χ4v) is 4.68. The number of hydrogen-bond donors (Lipinski definition) is 1. The third kappa shape index (κ3) is 6.37.